The summed E-state index contributed by atoms with van der Waals surface area (Å²) in [5.41, 5.74) is -3.39. The third-order valence-electron chi connectivity index (χ3n) is 7.91. The molecule has 2 atom stereocenters. The zero-order valence-corrected chi connectivity index (χ0v) is 24.0. The van der Waals surface area contributed by atoms with Gasteiger partial charge in [-0.05, 0) is 48.7 Å². The van der Waals surface area contributed by atoms with Crippen molar-refractivity contribution < 1.29 is 40.7 Å². The van der Waals surface area contributed by atoms with Gasteiger partial charge in [0, 0.05) is 57.5 Å². The minimum atomic E-state index is -5.12. The fourth-order valence-corrected chi connectivity index (χ4v) is 5.87. The van der Waals surface area contributed by atoms with Gasteiger partial charge >= 0.3 is 12.4 Å². The van der Waals surface area contributed by atoms with Crippen LogP contribution in [0.5, 0.6) is 0 Å². The van der Waals surface area contributed by atoms with Crippen molar-refractivity contribution in [1.29, 1.82) is 0 Å². The number of hydrogen-bond donors (Lipinski definition) is 0. The summed E-state index contributed by atoms with van der Waals surface area (Å²) in [5.74, 6) is -2.31. The van der Waals surface area contributed by atoms with Crippen LogP contribution < -0.4 is 0 Å². The van der Waals surface area contributed by atoms with Crippen LogP contribution in [0.15, 0.2) is 36.4 Å². The third kappa shape index (κ3) is 6.80. The summed E-state index contributed by atoms with van der Waals surface area (Å²) < 4.78 is 80.8. The van der Waals surface area contributed by atoms with Gasteiger partial charge in [-0.3, -0.25) is 14.4 Å². The van der Waals surface area contributed by atoms with E-state index in [2.05, 4.69) is 0 Å². The summed E-state index contributed by atoms with van der Waals surface area (Å²) in [7, 11) is 1.28. The van der Waals surface area contributed by atoms with Gasteiger partial charge < -0.3 is 14.7 Å². The number of nitrogens with zero attached hydrogens (tertiary/aromatic N) is 3. The van der Waals surface area contributed by atoms with E-state index in [-0.39, 0.29) is 46.9 Å². The van der Waals surface area contributed by atoms with E-state index in [1.54, 1.807) is 21.9 Å². The van der Waals surface area contributed by atoms with E-state index in [1.165, 1.54) is 20.0 Å². The van der Waals surface area contributed by atoms with Crippen molar-refractivity contribution in [3.8, 4) is 0 Å². The summed E-state index contributed by atoms with van der Waals surface area (Å²) in [6.07, 6.45) is -9.36. The number of likely N-dealkylation sites (tertiary alicyclic amines) is 2. The van der Waals surface area contributed by atoms with Crippen LogP contribution in [0.3, 0.4) is 0 Å². The topological polar surface area (TPSA) is 60.9 Å². The van der Waals surface area contributed by atoms with E-state index in [9.17, 15) is 40.7 Å². The maximum atomic E-state index is 13.5. The largest absolute Gasteiger partial charge is 0.416 e. The van der Waals surface area contributed by atoms with Crippen LogP contribution in [0, 0.1) is 5.92 Å². The van der Waals surface area contributed by atoms with Crippen LogP contribution >= 0.6 is 23.2 Å². The van der Waals surface area contributed by atoms with Gasteiger partial charge in [0.25, 0.3) is 5.91 Å². The molecule has 0 bridgehead atoms. The Morgan fingerprint density at radius 3 is 1.90 bits per heavy atom. The van der Waals surface area contributed by atoms with Crippen molar-refractivity contribution >= 4 is 40.9 Å². The summed E-state index contributed by atoms with van der Waals surface area (Å²) in [4.78, 5) is 42.9. The number of likely N-dealkylation sites (N-methyl/N-ethyl adjacent to an activating group) is 1. The van der Waals surface area contributed by atoms with Gasteiger partial charge in [-0.1, -0.05) is 29.3 Å². The molecule has 0 aliphatic carbocycles. The molecule has 228 valence electrons. The molecule has 0 saturated carbocycles. The molecular weight excluding hydrogens is 611 g/mol. The van der Waals surface area contributed by atoms with Crippen LogP contribution in [0.1, 0.15) is 52.7 Å². The molecule has 14 heteroatoms. The highest BCUT2D eigenvalue weighted by molar-refractivity contribution is 6.42. The molecule has 2 aromatic rings. The standard InChI is InChI=1S/C28H27Cl2F6N3O3/c1-15(40)38-7-5-16(6-8-38)26(42)39-13-21(17-3-4-22(29)23(30)11-17)24(14-39)37(2)25(41)18-9-19(27(31,32)33)12-20(10-18)28(34,35)36/h3-4,9-12,16,21,24H,5-8,13-14H2,1-2H3/t21-,24-/m1/s1. The molecule has 0 unspecified atom stereocenters. The Morgan fingerprint density at radius 1 is 0.833 bits per heavy atom. The lowest BCUT2D eigenvalue weighted by Gasteiger charge is -2.33. The van der Waals surface area contributed by atoms with Crippen LogP contribution in [-0.4, -0.2) is 71.7 Å². The molecule has 0 spiro atoms. The van der Waals surface area contributed by atoms with Gasteiger partial charge in [-0.2, -0.15) is 26.3 Å². The van der Waals surface area contributed by atoms with Gasteiger partial charge in [0.05, 0.1) is 27.2 Å². The second-order valence-corrected chi connectivity index (χ2v) is 11.4. The van der Waals surface area contributed by atoms with Crippen LogP contribution in [0.4, 0.5) is 26.3 Å². The first kappa shape index (κ1) is 31.9. The van der Waals surface area contributed by atoms with Gasteiger partial charge in [0.2, 0.25) is 11.8 Å². The van der Waals surface area contributed by atoms with Crippen LogP contribution in [0.25, 0.3) is 0 Å². The maximum absolute atomic E-state index is 13.5. The third-order valence-corrected chi connectivity index (χ3v) is 8.65. The Hall–Kier alpha value is -2.99. The molecular formula is C28H27Cl2F6N3O3. The Balaban J connectivity index is 1.66. The quantitative estimate of drug-likeness (QED) is 0.367. The summed E-state index contributed by atoms with van der Waals surface area (Å²) in [5, 5.41) is 0.462. The van der Waals surface area contributed by atoms with E-state index in [0.717, 1.165) is 4.90 Å². The lowest BCUT2D eigenvalue weighted by atomic mass is 9.92. The van der Waals surface area contributed by atoms with Crippen molar-refractivity contribution in [3.05, 3.63) is 68.7 Å². The lowest BCUT2D eigenvalue weighted by molar-refractivity contribution is -0.143. The monoisotopic (exact) mass is 637 g/mol. The van der Waals surface area contributed by atoms with Crippen LogP contribution in [0.2, 0.25) is 10.0 Å². The summed E-state index contributed by atoms with van der Waals surface area (Å²) >= 11 is 12.3. The minimum absolute atomic E-state index is 0.00992. The summed E-state index contributed by atoms with van der Waals surface area (Å²) in [6, 6.07) is 4.68. The predicted octanol–water partition coefficient (Wildman–Crippen LogP) is 6.36. The fourth-order valence-electron chi connectivity index (χ4n) is 5.56. The molecule has 2 aromatic carbocycles. The second kappa shape index (κ2) is 11.9. The van der Waals surface area contributed by atoms with Gasteiger partial charge in [-0.15, -0.1) is 0 Å². The number of benzene rings is 2. The lowest BCUT2D eigenvalue weighted by Crippen LogP contribution is -2.45. The Labute approximate surface area is 248 Å². The second-order valence-electron chi connectivity index (χ2n) is 10.6. The molecule has 2 fully saturated rings. The van der Waals surface area contributed by atoms with Crippen molar-refractivity contribution in [2.24, 2.45) is 5.92 Å². The number of hydrogen-bond acceptors (Lipinski definition) is 3. The molecule has 2 heterocycles. The minimum Gasteiger partial charge on any atom is -0.343 e. The van der Waals surface area contributed by atoms with Crippen molar-refractivity contribution in [1.82, 2.24) is 14.7 Å². The number of carbonyl (C=O) groups excluding carboxylic acids is 3. The van der Waals surface area contributed by atoms with E-state index in [0.29, 0.717) is 43.6 Å². The summed E-state index contributed by atoms with van der Waals surface area (Å²) in [6.45, 7) is 2.39. The zero-order valence-electron chi connectivity index (χ0n) is 22.5. The highest BCUT2D eigenvalue weighted by Crippen LogP contribution is 2.39. The molecule has 3 amide bonds. The number of halogens is 8. The van der Waals surface area contributed by atoms with Gasteiger partial charge in [0.15, 0.2) is 0 Å². The average Bonchev–Trinajstić information content (AvgIpc) is 3.37. The molecule has 0 aromatic heterocycles. The highest BCUT2D eigenvalue weighted by atomic mass is 35.5. The Kier molecular flexibility index (Phi) is 9.09. The highest BCUT2D eigenvalue weighted by Gasteiger charge is 2.43. The normalized spacial score (nSPS) is 20.1. The molecule has 6 nitrogen and oxygen atoms in total. The Morgan fingerprint density at radius 2 is 1.40 bits per heavy atom. The molecule has 0 radical (unpaired) electrons. The van der Waals surface area contributed by atoms with Crippen molar-refractivity contribution in [2.75, 3.05) is 33.2 Å². The van der Waals surface area contributed by atoms with E-state index >= 15 is 0 Å². The SMILES string of the molecule is CC(=O)N1CCC(C(=O)N2C[C@H](c3ccc(Cl)c(Cl)c3)[C@H](N(C)C(=O)c3cc(C(F)(F)F)cc(C(F)(F)F)c3)C2)CC1. The van der Waals surface area contributed by atoms with E-state index in [4.69, 9.17) is 23.2 Å². The van der Waals surface area contributed by atoms with Crippen molar-refractivity contribution in [2.45, 2.75) is 44.1 Å². The van der Waals surface area contributed by atoms with E-state index in [1.807, 2.05) is 0 Å². The number of alkyl halides is 6. The first-order valence-corrected chi connectivity index (χ1v) is 13.8. The number of carbonyl (C=O) groups is 3. The predicted molar refractivity (Wildman–Crippen MR) is 143 cm³/mol. The molecule has 4 rings (SSSR count). The van der Waals surface area contributed by atoms with Gasteiger partial charge in [-0.25, -0.2) is 0 Å². The maximum Gasteiger partial charge on any atom is 0.416 e. The number of piperidine rings is 1. The number of amides is 3. The smallest absolute Gasteiger partial charge is 0.343 e. The number of rotatable bonds is 4. The molecule has 42 heavy (non-hydrogen) atoms. The first-order valence-electron chi connectivity index (χ1n) is 13.0. The Bertz CT molecular complexity index is 1340. The van der Waals surface area contributed by atoms with Gasteiger partial charge in [0.1, 0.15) is 0 Å². The first-order chi connectivity index (χ1) is 19.5. The zero-order chi connectivity index (χ0) is 31.1. The molecule has 2 saturated heterocycles. The fraction of sp³-hybridized carbons (Fsp3) is 0.464. The molecule has 2 aliphatic rings. The van der Waals surface area contributed by atoms with Crippen LogP contribution in [-0.2, 0) is 21.9 Å². The molecule has 0 N–H and O–H groups in total. The van der Waals surface area contributed by atoms with E-state index < -0.39 is 46.9 Å². The molecule has 2 aliphatic heterocycles. The van der Waals surface area contributed by atoms with Crippen molar-refractivity contribution in [3.63, 3.8) is 0 Å². The average molecular weight is 638 g/mol.